The molecule has 0 amide bonds. The van der Waals surface area contributed by atoms with Crippen LogP contribution in [-0.4, -0.2) is 51.5 Å². The van der Waals surface area contributed by atoms with Crippen LogP contribution in [0.25, 0.3) is 11.3 Å². The van der Waals surface area contributed by atoms with Gasteiger partial charge >= 0.3 is 0 Å². The topological polar surface area (TPSA) is 61.3 Å². The highest BCUT2D eigenvalue weighted by Crippen LogP contribution is 2.41. The van der Waals surface area contributed by atoms with Crippen LogP contribution in [0.1, 0.15) is 56.9 Å². The lowest BCUT2D eigenvalue weighted by Crippen LogP contribution is -2.44. The number of halogens is 5. The van der Waals surface area contributed by atoms with Crippen molar-refractivity contribution in [3.05, 3.63) is 41.2 Å². The highest BCUT2D eigenvalue weighted by atomic mass is 19.3. The number of alkyl halides is 2. The number of benzene rings is 1. The van der Waals surface area contributed by atoms with Crippen molar-refractivity contribution >= 4 is 5.82 Å². The fraction of sp³-hybridized carbons (Fsp3) is 0.600. The van der Waals surface area contributed by atoms with Crippen LogP contribution in [0.4, 0.5) is 27.8 Å². The number of β-amino-alcohol motifs (C(OH)–C–C–N with tert-alkyl or cyclic N) is 1. The number of hydrogen-bond acceptors (Lipinski definition) is 5. The minimum atomic E-state index is -3.03. The Bertz CT molecular complexity index is 1060. The SMILES string of the molecule is OC1(CN2C[C@H]3CC(Nc4cc(C(F)F)c(-c5cc(F)cc(F)c5F)nn4)C[C@H]3C2)CCCCC1. The molecule has 1 saturated heterocycles. The van der Waals surface area contributed by atoms with Gasteiger partial charge in [-0.15, -0.1) is 10.2 Å². The molecule has 1 unspecified atom stereocenters. The standard InChI is InChI=1S/C25H29F5N4O/c26-16-8-18(22(28)20(27)9-16)23-19(24(29)30)10-21(32-33-23)31-17-6-14-11-34(12-15(14)7-17)13-25(35)4-2-1-3-5-25/h8-10,14-15,17,24,35H,1-7,11-13H2,(H,31,32)/t14-,15+,17?. The van der Waals surface area contributed by atoms with Gasteiger partial charge in [-0.05, 0) is 49.7 Å². The van der Waals surface area contributed by atoms with Gasteiger partial charge in [0.05, 0.1) is 5.60 Å². The van der Waals surface area contributed by atoms with Crippen molar-refractivity contribution in [1.29, 1.82) is 0 Å². The minimum absolute atomic E-state index is 0.0268. The first-order valence-electron chi connectivity index (χ1n) is 12.2. The summed E-state index contributed by atoms with van der Waals surface area (Å²) in [7, 11) is 0. The predicted octanol–water partition coefficient (Wildman–Crippen LogP) is 5.32. The average molecular weight is 497 g/mol. The Balaban J connectivity index is 1.25. The maximum atomic E-state index is 14.2. The number of aliphatic hydroxyl groups is 1. The van der Waals surface area contributed by atoms with Gasteiger partial charge in [-0.3, -0.25) is 4.90 Å². The zero-order valence-corrected chi connectivity index (χ0v) is 19.3. The van der Waals surface area contributed by atoms with Crippen molar-refractivity contribution in [2.45, 2.75) is 63.0 Å². The molecule has 0 radical (unpaired) electrons. The van der Waals surface area contributed by atoms with Crippen LogP contribution in [0.15, 0.2) is 18.2 Å². The molecule has 0 bridgehead atoms. The number of rotatable bonds is 6. The second-order valence-electron chi connectivity index (χ2n) is 10.4. The molecule has 190 valence electrons. The first kappa shape index (κ1) is 24.4. The Morgan fingerprint density at radius 3 is 2.34 bits per heavy atom. The van der Waals surface area contributed by atoms with Crippen molar-refractivity contribution in [3.8, 4) is 11.3 Å². The third kappa shape index (κ3) is 5.14. The largest absolute Gasteiger partial charge is 0.389 e. The van der Waals surface area contributed by atoms with Crippen molar-refractivity contribution in [2.24, 2.45) is 11.8 Å². The lowest BCUT2D eigenvalue weighted by molar-refractivity contribution is -0.0229. The van der Waals surface area contributed by atoms with E-state index in [1.807, 2.05) is 0 Å². The highest BCUT2D eigenvalue weighted by Gasteiger charge is 2.43. The summed E-state index contributed by atoms with van der Waals surface area (Å²) in [6.45, 7) is 2.52. The number of nitrogens with one attached hydrogen (secondary N) is 1. The van der Waals surface area contributed by atoms with Gasteiger partial charge in [0.2, 0.25) is 0 Å². The summed E-state index contributed by atoms with van der Waals surface area (Å²) in [5, 5.41) is 21.7. The van der Waals surface area contributed by atoms with Crippen molar-refractivity contribution in [2.75, 3.05) is 25.0 Å². The van der Waals surface area contributed by atoms with Gasteiger partial charge in [0, 0.05) is 42.9 Å². The Morgan fingerprint density at radius 1 is 1.00 bits per heavy atom. The van der Waals surface area contributed by atoms with Crippen LogP contribution in [-0.2, 0) is 0 Å². The van der Waals surface area contributed by atoms with E-state index in [1.165, 1.54) is 6.42 Å². The van der Waals surface area contributed by atoms with Crippen LogP contribution >= 0.6 is 0 Å². The number of nitrogens with zero attached hydrogens (tertiary/aromatic N) is 3. The van der Waals surface area contributed by atoms with E-state index in [0.717, 1.165) is 57.7 Å². The molecule has 2 aromatic rings. The molecule has 2 N–H and O–H groups in total. The van der Waals surface area contributed by atoms with E-state index in [2.05, 4.69) is 20.4 Å². The molecule has 1 aromatic heterocycles. The smallest absolute Gasteiger partial charge is 0.266 e. The van der Waals surface area contributed by atoms with E-state index >= 15 is 0 Å². The molecular weight excluding hydrogens is 467 g/mol. The zero-order chi connectivity index (χ0) is 24.7. The molecule has 3 atom stereocenters. The van der Waals surface area contributed by atoms with Crippen LogP contribution in [0, 0.1) is 29.3 Å². The van der Waals surface area contributed by atoms with Gasteiger partial charge in [-0.1, -0.05) is 19.3 Å². The maximum Gasteiger partial charge on any atom is 0.266 e. The van der Waals surface area contributed by atoms with Gasteiger partial charge in [0.1, 0.15) is 17.3 Å². The van der Waals surface area contributed by atoms with Crippen molar-refractivity contribution < 1.29 is 27.1 Å². The lowest BCUT2D eigenvalue weighted by atomic mass is 9.84. The van der Waals surface area contributed by atoms with E-state index in [0.29, 0.717) is 30.5 Å². The first-order valence-corrected chi connectivity index (χ1v) is 12.2. The number of aromatic nitrogens is 2. The summed E-state index contributed by atoms with van der Waals surface area (Å²) in [5.74, 6) is -3.00. The normalized spacial score (nSPS) is 26.3. The number of likely N-dealkylation sites (tertiary alicyclic amines) is 1. The highest BCUT2D eigenvalue weighted by molar-refractivity contribution is 5.65. The maximum absolute atomic E-state index is 14.2. The van der Waals surface area contributed by atoms with E-state index in [9.17, 15) is 27.1 Å². The summed E-state index contributed by atoms with van der Waals surface area (Å²) >= 11 is 0. The number of fused-ring (bicyclic) bond motifs is 1. The van der Waals surface area contributed by atoms with Gasteiger partial charge in [-0.2, -0.15) is 0 Å². The van der Waals surface area contributed by atoms with Crippen LogP contribution in [0.3, 0.4) is 0 Å². The molecule has 1 aliphatic heterocycles. The van der Waals surface area contributed by atoms with Crippen molar-refractivity contribution in [3.63, 3.8) is 0 Å². The van der Waals surface area contributed by atoms with Crippen LogP contribution in [0.2, 0.25) is 0 Å². The lowest BCUT2D eigenvalue weighted by Gasteiger charge is -2.36. The second kappa shape index (κ2) is 9.61. The molecular formula is C25H29F5N4O. The molecule has 3 aliphatic rings. The fourth-order valence-corrected chi connectivity index (χ4v) is 6.22. The summed E-state index contributed by atoms with van der Waals surface area (Å²) in [5.41, 5.74) is -2.49. The molecule has 10 heteroatoms. The van der Waals surface area contributed by atoms with E-state index in [1.54, 1.807) is 0 Å². The van der Waals surface area contributed by atoms with Gasteiger partial charge < -0.3 is 10.4 Å². The first-order chi connectivity index (χ1) is 16.7. The Kier molecular flexibility index (Phi) is 6.69. The zero-order valence-electron chi connectivity index (χ0n) is 19.3. The predicted molar refractivity (Wildman–Crippen MR) is 120 cm³/mol. The second-order valence-corrected chi connectivity index (χ2v) is 10.4. The monoisotopic (exact) mass is 496 g/mol. The number of anilines is 1. The molecule has 2 aliphatic carbocycles. The van der Waals surface area contributed by atoms with Crippen molar-refractivity contribution in [1.82, 2.24) is 15.1 Å². The third-order valence-electron chi connectivity index (χ3n) is 7.79. The molecule has 3 fully saturated rings. The van der Waals surface area contributed by atoms with Gasteiger partial charge in [0.25, 0.3) is 6.43 Å². The summed E-state index contributed by atoms with van der Waals surface area (Å²) < 4.78 is 68.9. The minimum Gasteiger partial charge on any atom is -0.389 e. The molecule has 2 heterocycles. The molecule has 5 nitrogen and oxygen atoms in total. The Morgan fingerprint density at radius 2 is 1.69 bits per heavy atom. The fourth-order valence-electron chi connectivity index (χ4n) is 6.22. The van der Waals surface area contributed by atoms with E-state index < -0.39 is 46.3 Å². The van der Waals surface area contributed by atoms with Gasteiger partial charge in [0.15, 0.2) is 11.6 Å². The third-order valence-corrected chi connectivity index (χ3v) is 7.79. The molecule has 35 heavy (non-hydrogen) atoms. The number of hydrogen-bond donors (Lipinski definition) is 2. The molecule has 2 saturated carbocycles. The summed E-state index contributed by atoms with van der Waals surface area (Å²) in [6.07, 6.45) is 3.70. The molecule has 0 spiro atoms. The van der Waals surface area contributed by atoms with E-state index in [-0.39, 0.29) is 11.9 Å². The molecule has 1 aromatic carbocycles. The Hall–Kier alpha value is -2.33. The Labute approximate surface area is 200 Å². The average Bonchev–Trinajstić information content (AvgIpc) is 3.34. The van der Waals surface area contributed by atoms with Gasteiger partial charge in [-0.25, -0.2) is 22.0 Å². The van der Waals surface area contributed by atoms with E-state index in [4.69, 9.17) is 0 Å². The quantitative estimate of drug-likeness (QED) is 0.419. The summed E-state index contributed by atoms with van der Waals surface area (Å²) in [6, 6.07) is 2.08. The summed E-state index contributed by atoms with van der Waals surface area (Å²) in [4.78, 5) is 2.35. The molecule has 5 rings (SSSR count). The van der Waals surface area contributed by atoms with Crippen LogP contribution < -0.4 is 5.32 Å². The van der Waals surface area contributed by atoms with Crippen LogP contribution in [0.5, 0.6) is 0 Å².